The summed E-state index contributed by atoms with van der Waals surface area (Å²) in [5, 5.41) is 2.96. The Hall–Kier alpha value is -1.44. The molecule has 2 heteroatoms. The quantitative estimate of drug-likeness (QED) is 0.707. The summed E-state index contributed by atoms with van der Waals surface area (Å²) in [4.78, 5) is 0. The number of rotatable bonds is 5. The van der Waals surface area contributed by atoms with Gasteiger partial charge < -0.3 is 11.1 Å². The first-order chi connectivity index (χ1) is 8.17. The van der Waals surface area contributed by atoms with Crippen molar-refractivity contribution in [2.45, 2.75) is 41.0 Å². The second-order valence-corrected chi connectivity index (χ2v) is 2.61. The lowest BCUT2D eigenvalue weighted by Crippen LogP contribution is -2.12. The van der Waals surface area contributed by atoms with Crippen molar-refractivity contribution < 1.29 is 0 Å². The lowest BCUT2D eigenvalue weighted by molar-refractivity contribution is 1.00. The molecule has 17 heavy (non-hydrogen) atoms. The van der Waals surface area contributed by atoms with E-state index in [1.807, 2.05) is 53.8 Å². The average molecular weight is 238 g/mol. The highest BCUT2D eigenvalue weighted by Gasteiger charge is 2.01. The molecule has 0 aliphatic rings. The molecule has 2 nitrogen and oxygen atoms in total. The zero-order valence-corrected chi connectivity index (χ0v) is 12.4. The van der Waals surface area contributed by atoms with Gasteiger partial charge in [0.1, 0.15) is 0 Å². The minimum absolute atomic E-state index is 0.738. The van der Waals surface area contributed by atoms with E-state index in [0.29, 0.717) is 0 Å². The third-order valence-corrected chi connectivity index (χ3v) is 1.65. The molecule has 0 aromatic carbocycles. The van der Waals surface area contributed by atoms with Gasteiger partial charge in [0.15, 0.2) is 0 Å². The largest absolute Gasteiger partial charge is 0.398 e. The van der Waals surface area contributed by atoms with E-state index in [4.69, 9.17) is 5.73 Å². The summed E-state index contributed by atoms with van der Waals surface area (Å²) in [6.45, 7) is 17.5. The molecular weight excluding hydrogens is 208 g/mol. The monoisotopic (exact) mass is 238 g/mol. The van der Waals surface area contributed by atoms with Crippen LogP contribution in [0.15, 0.2) is 48.4 Å². The lowest BCUT2D eigenvalue weighted by Gasteiger charge is -2.09. The molecule has 100 valence electrons. The van der Waals surface area contributed by atoms with Crippen molar-refractivity contribution in [3.05, 3.63) is 48.4 Å². The first-order valence-electron chi connectivity index (χ1n) is 6.33. The van der Waals surface area contributed by atoms with Crippen molar-refractivity contribution in [2.24, 2.45) is 5.73 Å². The number of hydrogen-bond donors (Lipinski definition) is 2. The van der Waals surface area contributed by atoms with Gasteiger partial charge in [-0.25, -0.2) is 0 Å². The SMILES string of the molecule is C=C/C=C(C(=C)NC)\C(N)=C/CC.CC.CC. The number of nitrogens with one attached hydrogen (secondary N) is 1. The molecule has 0 heterocycles. The third kappa shape index (κ3) is 10.8. The van der Waals surface area contributed by atoms with Crippen molar-refractivity contribution in [3.63, 3.8) is 0 Å². The Morgan fingerprint density at radius 2 is 1.71 bits per heavy atom. The van der Waals surface area contributed by atoms with E-state index in [2.05, 4.69) is 18.5 Å². The van der Waals surface area contributed by atoms with Crippen molar-refractivity contribution in [2.75, 3.05) is 7.05 Å². The number of allylic oxidation sites excluding steroid dienone is 3. The molecular formula is C15H30N2. The van der Waals surface area contributed by atoms with E-state index < -0.39 is 0 Å². The van der Waals surface area contributed by atoms with E-state index in [1.54, 1.807) is 6.08 Å². The smallest absolute Gasteiger partial charge is 0.0367 e. The van der Waals surface area contributed by atoms with Crippen LogP contribution in [0.25, 0.3) is 0 Å². The predicted molar refractivity (Wildman–Crippen MR) is 81.7 cm³/mol. The van der Waals surface area contributed by atoms with Crippen LogP contribution in [-0.2, 0) is 0 Å². The van der Waals surface area contributed by atoms with Crippen LogP contribution in [0.5, 0.6) is 0 Å². The van der Waals surface area contributed by atoms with Gasteiger partial charge in [0.25, 0.3) is 0 Å². The van der Waals surface area contributed by atoms with Crippen LogP contribution >= 0.6 is 0 Å². The fraction of sp³-hybridized carbons (Fsp3) is 0.467. The van der Waals surface area contributed by atoms with Gasteiger partial charge in [-0.2, -0.15) is 0 Å². The Bertz CT molecular complexity index is 248. The molecule has 0 atom stereocenters. The summed E-state index contributed by atoms with van der Waals surface area (Å²) < 4.78 is 0. The van der Waals surface area contributed by atoms with Gasteiger partial charge in [-0.1, -0.05) is 66.0 Å². The van der Waals surface area contributed by atoms with E-state index in [-0.39, 0.29) is 0 Å². The van der Waals surface area contributed by atoms with Gasteiger partial charge in [-0.3, -0.25) is 0 Å². The topological polar surface area (TPSA) is 38.0 Å². The van der Waals surface area contributed by atoms with E-state index in [1.165, 1.54) is 0 Å². The molecule has 0 aliphatic heterocycles. The molecule has 3 N–H and O–H groups in total. The zero-order chi connectivity index (χ0) is 14.3. The van der Waals surface area contributed by atoms with Crippen LogP contribution in [0.2, 0.25) is 0 Å². The zero-order valence-electron chi connectivity index (χ0n) is 12.4. The van der Waals surface area contributed by atoms with Crippen LogP contribution < -0.4 is 11.1 Å². The van der Waals surface area contributed by atoms with Gasteiger partial charge >= 0.3 is 0 Å². The number of hydrogen-bond acceptors (Lipinski definition) is 2. The summed E-state index contributed by atoms with van der Waals surface area (Å²) >= 11 is 0. The Morgan fingerprint density at radius 3 is 2.00 bits per heavy atom. The maximum absolute atomic E-state index is 5.84. The second kappa shape index (κ2) is 17.0. The van der Waals surface area contributed by atoms with Gasteiger partial charge in [-0.15, -0.1) is 0 Å². The molecule has 0 fully saturated rings. The lowest BCUT2D eigenvalue weighted by atomic mass is 10.1. The normalized spacial score (nSPS) is 10.2. The average Bonchev–Trinajstić information content (AvgIpc) is 2.40. The third-order valence-electron chi connectivity index (χ3n) is 1.65. The highest BCUT2D eigenvalue weighted by atomic mass is 14.8. The Balaban J connectivity index is -0.000000439. The Morgan fingerprint density at radius 1 is 1.24 bits per heavy atom. The summed E-state index contributed by atoms with van der Waals surface area (Å²) in [6, 6.07) is 0. The molecule has 0 bridgehead atoms. The Kier molecular flexibility index (Phi) is 20.9. The molecule has 0 unspecified atom stereocenters. The maximum Gasteiger partial charge on any atom is 0.0367 e. The summed E-state index contributed by atoms with van der Waals surface area (Å²) in [5.41, 5.74) is 8.28. The minimum atomic E-state index is 0.738. The van der Waals surface area contributed by atoms with E-state index in [9.17, 15) is 0 Å². The molecule has 0 radical (unpaired) electrons. The van der Waals surface area contributed by atoms with Crippen molar-refractivity contribution in [1.82, 2.24) is 5.32 Å². The van der Waals surface area contributed by atoms with Crippen molar-refractivity contribution >= 4 is 0 Å². The molecule has 0 amide bonds. The molecule has 0 saturated carbocycles. The van der Waals surface area contributed by atoms with Crippen LogP contribution in [0.4, 0.5) is 0 Å². The molecule has 0 rings (SSSR count). The standard InChI is InChI=1S/C11H18N2.2C2H6/c1-5-7-10(9(3)13-4)11(12)8-6-2;2*1-2/h5,7-8,13H,1,3,6,12H2,2,4H3;2*1-2H3/b10-7-,11-8+;;. The van der Waals surface area contributed by atoms with E-state index >= 15 is 0 Å². The van der Waals surface area contributed by atoms with Crippen LogP contribution in [0.1, 0.15) is 41.0 Å². The molecule has 0 aromatic rings. The van der Waals surface area contributed by atoms with Crippen LogP contribution in [0.3, 0.4) is 0 Å². The summed E-state index contributed by atoms with van der Waals surface area (Å²) in [5.74, 6) is 0. The van der Waals surface area contributed by atoms with Crippen molar-refractivity contribution in [1.29, 1.82) is 0 Å². The van der Waals surface area contributed by atoms with Gasteiger partial charge in [-0.05, 0) is 6.42 Å². The van der Waals surface area contributed by atoms with Gasteiger partial charge in [0.2, 0.25) is 0 Å². The van der Waals surface area contributed by atoms with Gasteiger partial charge in [0.05, 0.1) is 0 Å². The molecule has 0 aromatic heterocycles. The van der Waals surface area contributed by atoms with E-state index in [0.717, 1.165) is 23.4 Å². The fourth-order valence-electron chi connectivity index (χ4n) is 0.953. The maximum atomic E-state index is 5.84. The minimum Gasteiger partial charge on any atom is -0.398 e. The number of nitrogens with two attached hydrogens (primary N) is 1. The Labute approximate surface area is 108 Å². The molecule has 0 spiro atoms. The molecule has 0 aliphatic carbocycles. The highest BCUT2D eigenvalue weighted by Crippen LogP contribution is 2.12. The summed E-state index contributed by atoms with van der Waals surface area (Å²) in [7, 11) is 1.82. The fourth-order valence-corrected chi connectivity index (χ4v) is 0.953. The highest BCUT2D eigenvalue weighted by molar-refractivity contribution is 5.44. The second-order valence-electron chi connectivity index (χ2n) is 2.61. The molecule has 0 saturated heterocycles. The predicted octanol–water partition coefficient (Wildman–Crippen LogP) is 4.14. The van der Waals surface area contributed by atoms with Crippen LogP contribution in [0, 0.1) is 0 Å². The number of likely N-dealkylation sites (N-methyl/N-ethyl adjacent to an activating group) is 1. The van der Waals surface area contributed by atoms with Crippen molar-refractivity contribution in [3.8, 4) is 0 Å². The van der Waals surface area contributed by atoms with Crippen LogP contribution in [-0.4, -0.2) is 7.05 Å². The first-order valence-corrected chi connectivity index (χ1v) is 6.33. The van der Waals surface area contributed by atoms with Gasteiger partial charge in [0, 0.05) is 24.0 Å². The summed E-state index contributed by atoms with van der Waals surface area (Å²) in [6.07, 6.45) is 6.42. The first kappa shape index (κ1) is 20.9.